The van der Waals surface area contributed by atoms with Gasteiger partial charge in [0, 0.05) is 24.8 Å². The van der Waals surface area contributed by atoms with E-state index in [1.54, 1.807) is 14.2 Å². The summed E-state index contributed by atoms with van der Waals surface area (Å²) >= 11 is 0. The molecule has 0 spiro atoms. The Morgan fingerprint density at radius 2 is 1.88 bits per heavy atom. The smallest absolute Gasteiger partial charge is 0.124 e. The molecule has 1 rings (SSSR count). The molecule has 3 heteroatoms. The number of hydrogen-bond donors (Lipinski definition) is 1. The fourth-order valence-electron chi connectivity index (χ4n) is 1.93. The highest BCUT2D eigenvalue weighted by atomic mass is 16.5. The van der Waals surface area contributed by atoms with Crippen molar-refractivity contribution in [3.8, 4) is 5.75 Å². The van der Waals surface area contributed by atoms with Crippen LogP contribution in [0.1, 0.15) is 37.9 Å². The Balaban J connectivity index is 2.90. The van der Waals surface area contributed by atoms with Gasteiger partial charge in [0.15, 0.2) is 0 Å². The van der Waals surface area contributed by atoms with Crippen LogP contribution in [0.3, 0.4) is 0 Å². The van der Waals surface area contributed by atoms with Gasteiger partial charge in [0.05, 0.1) is 13.7 Å². The van der Waals surface area contributed by atoms with Crippen LogP contribution in [0, 0.1) is 0 Å². The van der Waals surface area contributed by atoms with Crippen LogP contribution in [-0.2, 0) is 11.3 Å². The van der Waals surface area contributed by atoms with Crippen molar-refractivity contribution in [3.05, 3.63) is 29.3 Å². The highest BCUT2D eigenvalue weighted by Gasteiger charge is 2.10. The average Bonchev–Trinajstić information content (AvgIpc) is 2.28. The third-order valence-electron chi connectivity index (χ3n) is 2.69. The third-order valence-corrected chi connectivity index (χ3v) is 2.69. The number of benzene rings is 1. The van der Waals surface area contributed by atoms with Gasteiger partial charge in [0.25, 0.3) is 0 Å². The normalized spacial score (nSPS) is 12.8. The van der Waals surface area contributed by atoms with Gasteiger partial charge in [-0.2, -0.15) is 0 Å². The molecule has 96 valence electrons. The second-order valence-corrected chi connectivity index (χ2v) is 4.55. The second-order valence-electron chi connectivity index (χ2n) is 4.55. The first kappa shape index (κ1) is 14.0. The largest absolute Gasteiger partial charge is 0.496 e. The zero-order valence-corrected chi connectivity index (χ0v) is 11.4. The van der Waals surface area contributed by atoms with Gasteiger partial charge < -0.3 is 14.8 Å². The van der Waals surface area contributed by atoms with Crippen LogP contribution >= 0.6 is 0 Å². The maximum Gasteiger partial charge on any atom is 0.124 e. The lowest BCUT2D eigenvalue weighted by molar-refractivity contribution is 0.181. The SMILES string of the molecule is COCc1cc(C(C)NC(C)C)ccc1OC. The first-order valence-corrected chi connectivity index (χ1v) is 6.00. The van der Waals surface area contributed by atoms with Gasteiger partial charge in [-0.25, -0.2) is 0 Å². The minimum Gasteiger partial charge on any atom is -0.496 e. The number of rotatable bonds is 6. The molecule has 1 N–H and O–H groups in total. The van der Waals surface area contributed by atoms with E-state index >= 15 is 0 Å². The summed E-state index contributed by atoms with van der Waals surface area (Å²) in [4.78, 5) is 0. The molecule has 1 aromatic rings. The van der Waals surface area contributed by atoms with Crippen LogP contribution in [0.25, 0.3) is 0 Å². The predicted molar refractivity (Wildman–Crippen MR) is 70.4 cm³/mol. The summed E-state index contributed by atoms with van der Waals surface area (Å²) in [6, 6.07) is 7.04. The van der Waals surface area contributed by atoms with Crippen LogP contribution in [-0.4, -0.2) is 20.3 Å². The van der Waals surface area contributed by atoms with E-state index in [-0.39, 0.29) is 0 Å². The van der Waals surface area contributed by atoms with Crippen molar-refractivity contribution < 1.29 is 9.47 Å². The summed E-state index contributed by atoms with van der Waals surface area (Å²) in [6.45, 7) is 7.04. The molecule has 1 atom stereocenters. The fourth-order valence-corrected chi connectivity index (χ4v) is 1.93. The van der Waals surface area contributed by atoms with Crippen molar-refractivity contribution in [2.24, 2.45) is 0 Å². The Hall–Kier alpha value is -1.06. The molecular formula is C14H23NO2. The molecule has 0 saturated heterocycles. The van der Waals surface area contributed by atoms with Gasteiger partial charge in [0.2, 0.25) is 0 Å². The molecular weight excluding hydrogens is 214 g/mol. The van der Waals surface area contributed by atoms with Crippen molar-refractivity contribution in [3.63, 3.8) is 0 Å². The van der Waals surface area contributed by atoms with Crippen LogP contribution in [0.15, 0.2) is 18.2 Å². The molecule has 0 aliphatic heterocycles. The molecule has 0 aliphatic carbocycles. The summed E-state index contributed by atoms with van der Waals surface area (Å²) in [5.41, 5.74) is 2.34. The van der Waals surface area contributed by atoms with Crippen LogP contribution in [0.5, 0.6) is 5.75 Å². The zero-order valence-electron chi connectivity index (χ0n) is 11.4. The summed E-state index contributed by atoms with van der Waals surface area (Å²) in [5.74, 6) is 0.882. The van der Waals surface area contributed by atoms with Gasteiger partial charge in [-0.15, -0.1) is 0 Å². The zero-order chi connectivity index (χ0) is 12.8. The summed E-state index contributed by atoms with van der Waals surface area (Å²) in [7, 11) is 3.38. The first-order chi connectivity index (χ1) is 8.08. The van der Waals surface area contributed by atoms with Gasteiger partial charge >= 0.3 is 0 Å². The van der Waals surface area contributed by atoms with Crippen LogP contribution < -0.4 is 10.1 Å². The molecule has 0 aliphatic rings. The number of methoxy groups -OCH3 is 2. The Morgan fingerprint density at radius 1 is 1.18 bits per heavy atom. The second kappa shape index (κ2) is 6.62. The summed E-state index contributed by atoms with van der Waals surface area (Å²) in [5, 5.41) is 3.48. The predicted octanol–water partition coefficient (Wildman–Crippen LogP) is 2.90. The fraction of sp³-hybridized carbons (Fsp3) is 0.571. The maximum absolute atomic E-state index is 5.31. The maximum atomic E-state index is 5.31. The topological polar surface area (TPSA) is 30.5 Å². The highest BCUT2D eigenvalue weighted by molar-refractivity contribution is 5.38. The lowest BCUT2D eigenvalue weighted by atomic mass is 10.0. The molecule has 1 unspecified atom stereocenters. The summed E-state index contributed by atoms with van der Waals surface area (Å²) < 4.78 is 10.5. The molecule has 0 heterocycles. The molecule has 3 nitrogen and oxygen atoms in total. The average molecular weight is 237 g/mol. The van der Waals surface area contributed by atoms with Crippen molar-refractivity contribution in [1.29, 1.82) is 0 Å². The molecule has 0 amide bonds. The first-order valence-electron chi connectivity index (χ1n) is 6.00. The van der Waals surface area contributed by atoms with Gasteiger partial charge in [0.1, 0.15) is 5.75 Å². The Labute approximate surface area is 104 Å². The number of ether oxygens (including phenoxy) is 2. The Morgan fingerprint density at radius 3 is 2.41 bits per heavy atom. The molecule has 0 saturated carbocycles. The quantitative estimate of drug-likeness (QED) is 0.825. The van der Waals surface area contributed by atoms with Crippen LogP contribution in [0.2, 0.25) is 0 Å². The highest BCUT2D eigenvalue weighted by Crippen LogP contribution is 2.24. The lowest BCUT2D eigenvalue weighted by Gasteiger charge is -2.19. The number of hydrogen-bond acceptors (Lipinski definition) is 3. The van der Waals surface area contributed by atoms with E-state index in [1.165, 1.54) is 5.56 Å². The van der Waals surface area contributed by atoms with Crippen molar-refractivity contribution in [2.75, 3.05) is 14.2 Å². The lowest BCUT2D eigenvalue weighted by Crippen LogP contribution is -2.26. The van der Waals surface area contributed by atoms with E-state index in [0.717, 1.165) is 11.3 Å². The summed E-state index contributed by atoms with van der Waals surface area (Å²) in [6.07, 6.45) is 0. The molecule has 1 aromatic carbocycles. The Bertz CT molecular complexity index is 350. The van der Waals surface area contributed by atoms with Crippen molar-refractivity contribution in [1.82, 2.24) is 5.32 Å². The monoisotopic (exact) mass is 237 g/mol. The third kappa shape index (κ3) is 4.02. The van der Waals surface area contributed by atoms with E-state index < -0.39 is 0 Å². The molecule has 0 radical (unpaired) electrons. The standard InChI is InChI=1S/C14H23NO2/c1-10(2)15-11(3)12-6-7-14(17-5)13(8-12)9-16-4/h6-8,10-11,15H,9H2,1-5H3. The van der Waals surface area contributed by atoms with Crippen LogP contribution in [0.4, 0.5) is 0 Å². The van der Waals surface area contributed by atoms with Crippen molar-refractivity contribution >= 4 is 0 Å². The Kier molecular flexibility index (Phi) is 5.45. The minimum atomic E-state index is 0.330. The molecule has 0 bridgehead atoms. The van der Waals surface area contributed by atoms with E-state index in [1.807, 2.05) is 6.07 Å². The van der Waals surface area contributed by atoms with E-state index in [4.69, 9.17) is 9.47 Å². The van der Waals surface area contributed by atoms with Gasteiger partial charge in [-0.05, 0) is 24.6 Å². The van der Waals surface area contributed by atoms with Crippen molar-refractivity contribution in [2.45, 2.75) is 39.5 Å². The molecule has 17 heavy (non-hydrogen) atoms. The van der Waals surface area contributed by atoms with E-state index in [9.17, 15) is 0 Å². The van der Waals surface area contributed by atoms with Gasteiger partial charge in [-0.1, -0.05) is 19.9 Å². The van der Waals surface area contributed by atoms with Gasteiger partial charge in [-0.3, -0.25) is 0 Å². The number of nitrogens with one attached hydrogen (secondary N) is 1. The van der Waals surface area contributed by atoms with E-state index in [2.05, 4.69) is 38.2 Å². The molecule has 0 fully saturated rings. The van der Waals surface area contributed by atoms with E-state index in [0.29, 0.717) is 18.7 Å². The minimum absolute atomic E-state index is 0.330. The molecule has 0 aromatic heterocycles.